The summed E-state index contributed by atoms with van der Waals surface area (Å²) in [5.41, 5.74) is 0. The maximum atomic E-state index is 9.06. The number of carbonyl (C=O) groups is 1. The zero-order valence-electron chi connectivity index (χ0n) is 5.91. The lowest BCUT2D eigenvalue weighted by Crippen LogP contribution is -1.86. The predicted molar refractivity (Wildman–Crippen MR) is 50.4 cm³/mol. The average Bonchev–Trinajstić information content (AvgIpc) is 2.08. The number of carbonyl (C=O) groups excluding carboxylic acids is 1. The molecule has 1 rings (SSSR count). The highest BCUT2D eigenvalue weighted by Crippen LogP contribution is 2.28. The van der Waals surface area contributed by atoms with Crippen LogP contribution in [-0.4, -0.2) is 17.8 Å². The Kier molecular flexibility index (Phi) is 9.21. The van der Waals surface area contributed by atoms with E-state index in [9.17, 15) is 0 Å². The van der Waals surface area contributed by atoms with Crippen molar-refractivity contribution in [1.82, 2.24) is 0 Å². The van der Waals surface area contributed by atoms with Gasteiger partial charge in [-0.05, 0) is 18.9 Å². The minimum absolute atomic E-state index is 0.639. The third-order valence-electron chi connectivity index (χ3n) is 0.885. The summed E-state index contributed by atoms with van der Waals surface area (Å²) in [6, 6.07) is 0. The van der Waals surface area contributed by atoms with Gasteiger partial charge in [-0.15, -0.1) is 0 Å². The van der Waals surface area contributed by atoms with Crippen LogP contribution in [0.1, 0.15) is 12.8 Å². The van der Waals surface area contributed by atoms with Crippen LogP contribution in [0.3, 0.4) is 0 Å². The molecule has 0 spiro atoms. The fourth-order valence-corrected chi connectivity index (χ4v) is 2.73. The van der Waals surface area contributed by atoms with Crippen LogP contribution in [0, 0.1) is 0 Å². The molecule has 10 heavy (non-hydrogen) atoms. The van der Waals surface area contributed by atoms with E-state index >= 15 is 0 Å². The van der Waals surface area contributed by atoms with Gasteiger partial charge in [0, 0.05) is 11.5 Å². The number of hydrogen-bond donors (Lipinski definition) is 0. The summed E-state index contributed by atoms with van der Waals surface area (Å²) in [6.45, 7) is 3.11. The monoisotopic (exact) mass is 176 g/mol. The highest BCUT2D eigenvalue weighted by atomic mass is 33.1. The van der Waals surface area contributed by atoms with E-state index in [1.807, 2.05) is 21.6 Å². The molecule has 0 aromatic heterocycles. The van der Waals surface area contributed by atoms with Crippen molar-refractivity contribution in [3.8, 4) is 0 Å². The van der Waals surface area contributed by atoms with Gasteiger partial charge in [-0.2, -0.15) is 0 Å². The van der Waals surface area contributed by atoms with E-state index in [1.54, 1.807) is 0 Å². The van der Waals surface area contributed by atoms with Crippen molar-refractivity contribution in [2.24, 2.45) is 0 Å². The lowest BCUT2D eigenvalue weighted by Gasteiger charge is -2.04. The summed E-state index contributed by atoms with van der Waals surface area (Å²) in [4.78, 5) is 9.06. The molecule has 1 nitrogen and oxygen atoms in total. The Balaban J connectivity index is 0.000000180. The average molecular weight is 176 g/mol. The first-order valence-corrected chi connectivity index (χ1v) is 5.71. The Morgan fingerprint density at radius 3 is 1.70 bits per heavy atom. The predicted octanol–water partition coefficient (Wildman–Crippen LogP) is 2.53. The summed E-state index contributed by atoms with van der Waals surface area (Å²) < 4.78 is 0. The number of allylic oxidation sites excluding steroid dienone is 1. The molecule has 0 N–H and O–H groups in total. The number of hydrogen-bond acceptors (Lipinski definition) is 3. The molecule has 0 radical (unpaired) electrons. The lowest BCUT2D eigenvalue weighted by molar-refractivity contribution is -0.104. The Morgan fingerprint density at radius 1 is 1.20 bits per heavy atom. The molecular weight excluding hydrogens is 164 g/mol. The first kappa shape index (κ1) is 10.1. The van der Waals surface area contributed by atoms with Crippen molar-refractivity contribution in [2.75, 3.05) is 11.5 Å². The largest absolute Gasteiger partial charge is 0.299 e. The first-order valence-electron chi connectivity index (χ1n) is 3.22. The van der Waals surface area contributed by atoms with E-state index in [-0.39, 0.29) is 0 Å². The second-order valence-corrected chi connectivity index (χ2v) is 4.42. The molecule has 0 unspecified atom stereocenters. The SMILES string of the molecule is C1CCSSC1.C=CC=O. The van der Waals surface area contributed by atoms with E-state index in [2.05, 4.69) is 6.58 Å². The third-order valence-corrected chi connectivity index (χ3v) is 3.46. The van der Waals surface area contributed by atoms with Crippen molar-refractivity contribution in [2.45, 2.75) is 12.8 Å². The Morgan fingerprint density at radius 2 is 1.60 bits per heavy atom. The molecule has 0 aromatic carbocycles. The van der Waals surface area contributed by atoms with Gasteiger partial charge in [-0.25, -0.2) is 0 Å². The normalized spacial score (nSPS) is 16.4. The van der Waals surface area contributed by atoms with Gasteiger partial charge in [0.15, 0.2) is 0 Å². The van der Waals surface area contributed by atoms with Gasteiger partial charge in [0.1, 0.15) is 6.29 Å². The second kappa shape index (κ2) is 9.11. The molecule has 1 heterocycles. The van der Waals surface area contributed by atoms with Crippen molar-refractivity contribution in [3.63, 3.8) is 0 Å². The topological polar surface area (TPSA) is 17.1 Å². The maximum absolute atomic E-state index is 9.06. The minimum atomic E-state index is 0.639. The van der Waals surface area contributed by atoms with Crippen molar-refractivity contribution in [1.29, 1.82) is 0 Å². The minimum Gasteiger partial charge on any atom is -0.299 e. The molecule has 3 heteroatoms. The van der Waals surface area contributed by atoms with Gasteiger partial charge in [0.05, 0.1) is 0 Å². The fraction of sp³-hybridized carbons (Fsp3) is 0.571. The van der Waals surface area contributed by atoms with Crippen molar-refractivity contribution >= 4 is 27.9 Å². The van der Waals surface area contributed by atoms with Gasteiger partial charge >= 0.3 is 0 Å². The zero-order valence-corrected chi connectivity index (χ0v) is 7.55. The molecule has 0 aromatic rings. The molecule has 1 aliphatic rings. The van der Waals surface area contributed by atoms with Gasteiger partial charge < -0.3 is 0 Å². The van der Waals surface area contributed by atoms with Gasteiger partial charge in [-0.1, -0.05) is 28.2 Å². The Hall–Kier alpha value is 0.110. The van der Waals surface area contributed by atoms with Crippen LogP contribution in [0.2, 0.25) is 0 Å². The fourth-order valence-electron chi connectivity index (χ4n) is 0.440. The summed E-state index contributed by atoms with van der Waals surface area (Å²) in [7, 11) is 4.02. The highest BCUT2D eigenvalue weighted by Gasteiger charge is 1.96. The van der Waals surface area contributed by atoms with Crippen LogP contribution in [-0.2, 0) is 4.79 Å². The van der Waals surface area contributed by atoms with Crippen LogP contribution in [0.25, 0.3) is 0 Å². The Bertz CT molecular complexity index is 72.1. The van der Waals surface area contributed by atoms with Crippen LogP contribution >= 0.6 is 21.6 Å². The van der Waals surface area contributed by atoms with Crippen molar-refractivity contribution < 1.29 is 4.79 Å². The second-order valence-electron chi connectivity index (χ2n) is 1.72. The third kappa shape index (κ3) is 8.11. The molecule has 1 fully saturated rings. The van der Waals surface area contributed by atoms with Gasteiger partial charge in [-0.3, -0.25) is 4.79 Å². The van der Waals surface area contributed by atoms with Crippen LogP contribution < -0.4 is 0 Å². The highest BCUT2D eigenvalue weighted by molar-refractivity contribution is 8.76. The smallest absolute Gasteiger partial charge is 0.142 e. The molecule has 1 saturated heterocycles. The van der Waals surface area contributed by atoms with E-state index in [0.29, 0.717) is 6.29 Å². The van der Waals surface area contributed by atoms with E-state index < -0.39 is 0 Å². The van der Waals surface area contributed by atoms with E-state index in [0.717, 1.165) is 0 Å². The summed E-state index contributed by atoms with van der Waals surface area (Å²) in [5.74, 6) is 2.76. The van der Waals surface area contributed by atoms with E-state index in [4.69, 9.17) is 4.79 Å². The number of rotatable bonds is 1. The van der Waals surface area contributed by atoms with Crippen LogP contribution in [0.5, 0.6) is 0 Å². The standard InChI is InChI=1S/C4H8S2.C3H4O/c1-2-4-6-5-3-1;1-2-3-4/h1-4H2;2-3H,1H2. The van der Waals surface area contributed by atoms with E-state index in [1.165, 1.54) is 30.4 Å². The number of aldehydes is 1. The summed E-state index contributed by atoms with van der Waals surface area (Å²) >= 11 is 0. The molecule has 0 aliphatic carbocycles. The zero-order chi connectivity index (χ0) is 7.66. The van der Waals surface area contributed by atoms with Crippen LogP contribution in [0.15, 0.2) is 12.7 Å². The maximum Gasteiger partial charge on any atom is 0.142 e. The Labute approximate surface area is 70.0 Å². The first-order chi connectivity index (χ1) is 4.91. The van der Waals surface area contributed by atoms with Crippen LogP contribution in [0.4, 0.5) is 0 Å². The molecular formula is C7H12OS2. The summed E-state index contributed by atoms with van der Waals surface area (Å²) in [6.07, 6.45) is 4.72. The molecule has 58 valence electrons. The van der Waals surface area contributed by atoms with Gasteiger partial charge in [0.2, 0.25) is 0 Å². The molecule has 0 amide bonds. The molecule has 0 saturated carbocycles. The summed E-state index contributed by atoms with van der Waals surface area (Å²) in [5, 5.41) is 0. The van der Waals surface area contributed by atoms with Crippen molar-refractivity contribution in [3.05, 3.63) is 12.7 Å². The lowest BCUT2D eigenvalue weighted by atomic mass is 10.4. The molecule has 1 aliphatic heterocycles. The molecule has 0 atom stereocenters. The quantitative estimate of drug-likeness (QED) is 0.347. The van der Waals surface area contributed by atoms with Gasteiger partial charge in [0.25, 0.3) is 0 Å². The molecule has 0 bridgehead atoms.